The average molecular weight is 210 g/mol. The van der Waals surface area contributed by atoms with Crippen LogP contribution >= 0.6 is 0 Å². The molecule has 0 amide bonds. The fourth-order valence-corrected chi connectivity index (χ4v) is 4.28. The van der Waals surface area contributed by atoms with Gasteiger partial charge in [0.1, 0.15) is 0 Å². The van der Waals surface area contributed by atoms with E-state index >= 15 is 0 Å². The van der Waals surface area contributed by atoms with Gasteiger partial charge >= 0.3 is 0 Å². The van der Waals surface area contributed by atoms with E-state index < -0.39 is 8.41 Å². The first-order chi connectivity index (χ1) is 7.28. The molecule has 0 aromatic rings. The third-order valence-electron chi connectivity index (χ3n) is 2.69. The van der Waals surface area contributed by atoms with Crippen molar-refractivity contribution in [3.8, 4) is 11.8 Å². The molecule has 1 aliphatic rings. The van der Waals surface area contributed by atoms with Crippen LogP contribution in [0, 0.1) is 30.6 Å². The lowest BCUT2D eigenvalue weighted by Gasteiger charge is -2.19. The lowest BCUT2D eigenvalue weighted by atomic mass is 9.95. The minimum atomic E-state index is -0.612. The van der Waals surface area contributed by atoms with E-state index in [0.717, 1.165) is 17.7 Å². The summed E-state index contributed by atoms with van der Waals surface area (Å²) in [4.78, 5) is 0. The predicted octanol–water partition coefficient (Wildman–Crippen LogP) is 2.57. The molecule has 0 fully saturated rings. The second kappa shape index (κ2) is 5.54. The van der Waals surface area contributed by atoms with Gasteiger partial charge in [0, 0.05) is 14.0 Å². The molecule has 1 unspecified atom stereocenters. The maximum Gasteiger partial charge on any atom is 0.0614 e. The highest BCUT2D eigenvalue weighted by molar-refractivity contribution is 6.74. The molecule has 1 aliphatic carbocycles. The van der Waals surface area contributed by atoms with Crippen molar-refractivity contribution in [2.45, 2.75) is 25.9 Å². The first-order valence-corrected chi connectivity index (χ1v) is 7.15. The van der Waals surface area contributed by atoms with Gasteiger partial charge in [-0.1, -0.05) is 37.8 Å². The molecule has 74 valence electrons. The Morgan fingerprint density at radius 1 is 1.33 bits per heavy atom. The molecule has 0 aromatic carbocycles. The summed E-state index contributed by atoms with van der Waals surface area (Å²) >= 11 is 0. The van der Waals surface area contributed by atoms with Crippen LogP contribution in [0.25, 0.3) is 0 Å². The van der Waals surface area contributed by atoms with Crippen LogP contribution in [0.5, 0.6) is 0 Å². The predicted molar refractivity (Wildman–Crippen MR) is 66.7 cm³/mol. The van der Waals surface area contributed by atoms with Gasteiger partial charge in [-0.2, -0.15) is 0 Å². The van der Waals surface area contributed by atoms with Crippen LogP contribution in [0.3, 0.4) is 0 Å². The van der Waals surface area contributed by atoms with Crippen LogP contribution in [-0.4, -0.2) is 13.6 Å². The molecule has 1 rings (SSSR count). The summed E-state index contributed by atoms with van der Waals surface area (Å²) in [5.74, 6) is 5.03. The van der Waals surface area contributed by atoms with Gasteiger partial charge in [-0.15, -0.1) is 0 Å². The van der Waals surface area contributed by atoms with Crippen LogP contribution in [0.1, 0.15) is 13.8 Å². The van der Waals surface area contributed by atoms with Crippen molar-refractivity contribution < 1.29 is 0 Å². The minimum Gasteiger partial charge on any atom is -0.0771 e. The van der Waals surface area contributed by atoms with Crippen molar-refractivity contribution in [1.82, 2.24) is 0 Å². The summed E-state index contributed by atoms with van der Waals surface area (Å²) in [5.41, 5.74) is 0.875. The quantitative estimate of drug-likeness (QED) is 0.485. The molecule has 0 nitrogen and oxygen atoms in total. The Morgan fingerprint density at radius 2 is 2.00 bits per heavy atom. The molecule has 0 aliphatic heterocycles. The van der Waals surface area contributed by atoms with E-state index in [1.54, 1.807) is 0 Å². The van der Waals surface area contributed by atoms with Gasteiger partial charge in [-0.25, -0.2) is 0 Å². The molecule has 0 aromatic heterocycles. The summed E-state index contributed by atoms with van der Waals surface area (Å²) in [6.07, 6.45) is 20.4. The molecule has 0 heterocycles. The highest BCUT2D eigenvalue weighted by Crippen LogP contribution is 2.16. The van der Waals surface area contributed by atoms with Crippen molar-refractivity contribution in [2.75, 3.05) is 0 Å². The third kappa shape index (κ3) is 2.38. The van der Waals surface area contributed by atoms with Gasteiger partial charge in [-0.05, 0) is 36.2 Å². The molecule has 15 heavy (non-hydrogen) atoms. The first kappa shape index (κ1) is 11.8. The van der Waals surface area contributed by atoms with Crippen molar-refractivity contribution in [2.24, 2.45) is 5.92 Å². The van der Waals surface area contributed by atoms with Crippen molar-refractivity contribution in [3.05, 3.63) is 36.6 Å². The van der Waals surface area contributed by atoms with Gasteiger partial charge in [0.2, 0.25) is 0 Å². The van der Waals surface area contributed by atoms with Crippen molar-refractivity contribution >= 4 is 13.6 Å². The summed E-state index contributed by atoms with van der Waals surface area (Å²) in [5, 5.41) is 1.23. The van der Waals surface area contributed by atoms with E-state index in [1.165, 1.54) is 5.17 Å². The molecule has 0 saturated heterocycles. The maximum atomic E-state index is 7.31. The Kier molecular flexibility index (Phi) is 4.34. The van der Waals surface area contributed by atoms with E-state index in [-0.39, 0.29) is 5.92 Å². The lowest BCUT2D eigenvalue weighted by molar-refractivity contribution is 1.19. The molecule has 0 saturated carbocycles. The van der Waals surface area contributed by atoms with Crippen LogP contribution in [0.4, 0.5) is 0 Å². The van der Waals surface area contributed by atoms with Crippen LogP contribution in [0.15, 0.2) is 23.8 Å². The monoisotopic (exact) mass is 210 g/mol. The van der Waals surface area contributed by atoms with E-state index in [2.05, 4.69) is 25.7 Å². The van der Waals surface area contributed by atoms with E-state index in [9.17, 15) is 0 Å². The standard InChI is InChI=1S/C14H14Si/c1-5-12-10-9-11-13(6-2)14(12)15(7-3)8-4/h9-12H,7-8H2,3-4H3. The second-order valence-corrected chi connectivity index (χ2v) is 6.60. The van der Waals surface area contributed by atoms with Crippen LogP contribution in [-0.2, 0) is 0 Å². The highest BCUT2D eigenvalue weighted by atomic mass is 28.2. The lowest BCUT2D eigenvalue weighted by Crippen LogP contribution is -2.25. The van der Waals surface area contributed by atoms with Gasteiger partial charge < -0.3 is 0 Å². The maximum absolute atomic E-state index is 7.31. The molecule has 0 spiro atoms. The number of allylic oxidation sites excluding steroid dienone is 4. The molecule has 2 radical (unpaired) electrons. The molecule has 1 heteroatoms. The summed E-state index contributed by atoms with van der Waals surface area (Å²) < 4.78 is 0. The Balaban J connectivity index is 3.28. The first-order valence-electron chi connectivity index (χ1n) is 5.24. The fraction of sp³-hybridized carbons (Fsp3) is 0.357. The van der Waals surface area contributed by atoms with Gasteiger partial charge in [0.15, 0.2) is 0 Å². The van der Waals surface area contributed by atoms with Gasteiger partial charge in [0.25, 0.3) is 0 Å². The largest absolute Gasteiger partial charge is 0.0771 e. The average Bonchev–Trinajstić information content (AvgIpc) is 2.30. The summed E-state index contributed by atoms with van der Waals surface area (Å²) in [6, 6.07) is 2.28. The molecule has 0 N–H and O–H groups in total. The Morgan fingerprint density at radius 3 is 2.47 bits per heavy atom. The van der Waals surface area contributed by atoms with Gasteiger partial charge in [-0.3, -0.25) is 0 Å². The number of hydrogen-bond donors (Lipinski definition) is 0. The Labute approximate surface area is 94.3 Å². The van der Waals surface area contributed by atoms with Crippen molar-refractivity contribution in [1.29, 1.82) is 0 Å². The summed E-state index contributed by atoms with van der Waals surface area (Å²) in [6.45, 7) is 4.37. The molecule has 0 bridgehead atoms. The van der Waals surface area contributed by atoms with Crippen molar-refractivity contribution in [3.63, 3.8) is 0 Å². The minimum absolute atomic E-state index is 0.0170. The van der Waals surface area contributed by atoms with E-state index in [4.69, 9.17) is 12.8 Å². The summed E-state index contributed by atoms with van der Waals surface area (Å²) in [7, 11) is -0.612. The van der Waals surface area contributed by atoms with Crippen LogP contribution in [0.2, 0.25) is 12.1 Å². The number of rotatable bonds is 2. The highest BCUT2D eigenvalue weighted by Gasteiger charge is 2.18. The van der Waals surface area contributed by atoms with E-state index in [1.807, 2.05) is 18.2 Å². The molecule has 1 atom stereocenters. The topological polar surface area (TPSA) is 0 Å². The fourth-order valence-electron chi connectivity index (χ4n) is 1.89. The molecular formula is C14H14Si. The Hall–Kier alpha value is -1.31. The molecular weight excluding hydrogens is 196 g/mol. The SMILES string of the molecule is [C]#CC1=CC=CC(C#[C])C1=[Si](CC)CC. The third-order valence-corrected chi connectivity index (χ3v) is 5.74. The second-order valence-electron chi connectivity index (χ2n) is 3.44. The normalized spacial score (nSPS) is 19.1. The van der Waals surface area contributed by atoms with Gasteiger partial charge in [0.05, 0.1) is 5.92 Å². The zero-order valence-corrected chi connectivity index (χ0v) is 10.2. The van der Waals surface area contributed by atoms with E-state index in [0.29, 0.717) is 0 Å². The number of hydrogen-bond acceptors (Lipinski definition) is 0. The Bertz CT molecular complexity index is 402. The van der Waals surface area contributed by atoms with Crippen LogP contribution < -0.4 is 0 Å². The smallest absolute Gasteiger partial charge is 0.0614 e. The zero-order chi connectivity index (χ0) is 11.3. The zero-order valence-electron chi connectivity index (χ0n) is 9.22.